The zero-order chi connectivity index (χ0) is 20.0. The Bertz CT molecular complexity index is 1090. The number of nitrogens with zero attached hydrogens (tertiary/aromatic N) is 1. The number of nitrogens with two attached hydrogens (primary N) is 1. The van der Waals surface area contributed by atoms with Gasteiger partial charge in [-0.3, -0.25) is 4.79 Å². The van der Waals surface area contributed by atoms with E-state index in [4.69, 9.17) is 49.7 Å². The van der Waals surface area contributed by atoms with Gasteiger partial charge in [0.2, 0.25) is 5.88 Å². The SMILES string of the molecule is N#CC1=C(N)OC2=C(C(=O)CCC2)[C@H]1c1ccc(-c2c(Cl)cc(Cl)cc2Cl)o1. The van der Waals surface area contributed by atoms with Gasteiger partial charge < -0.3 is 14.9 Å². The van der Waals surface area contributed by atoms with E-state index in [9.17, 15) is 10.1 Å². The van der Waals surface area contributed by atoms with Crippen molar-refractivity contribution in [2.24, 2.45) is 5.73 Å². The molecule has 28 heavy (non-hydrogen) atoms. The Kier molecular flexibility index (Phi) is 4.88. The Hall–Kier alpha value is -2.39. The molecule has 0 saturated carbocycles. The second kappa shape index (κ2) is 7.21. The number of hydrogen-bond acceptors (Lipinski definition) is 5. The quantitative estimate of drug-likeness (QED) is 0.651. The smallest absolute Gasteiger partial charge is 0.205 e. The van der Waals surface area contributed by atoms with E-state index in [1.54, 1.807) is 24.3 Å². The van der Waals surface area contributed by atoms with E-state index < -0.39 is 5.92 Å². The maximum Gasteiger partial charge on any atom is 0.205 e. The molecule has 0 amide bonds. The highest BCUT2D eigenvalue weighted by molar-refractivity contribution is 6.41. The van der Waals surface area contributed by atoms with Crippen molar-refractivity contribution in [3.63, 3.8) is 0 Å². The summed E-state index contributed by atoms with van der Waals surface area (Å²) in [6.45, 7) is 0. The summed E-state index contributed by atoms with van der Waals surface area (Å²) in [5.74, 6) is 0.476. The van der Waals surface area contributed by atoms with E-state index in [0.717, 1.165) is 0 Å². The van der Waals surface area contributed by atoms with Crippen LogP contribution in [0.1, 0.15) is 30.9 Å². The van der Waals surface area contributed by atoms with E-state index in [1.165, 1.54) is 0 Å². The number of allylic oxidation sites excluding steroid dienone is 3. The largest absolute Gasteiger partial charge is 0.460 e. The molecule has 5 nitrogen and oxygen atoms in total. The molecule has 0 fully saturated rings. The molecule has 0 radical (unpaired) electrons. The topological polar surface area (TPSA) is 89.3 Å². The van der Waals surface area contributed by atoms with Crippen LogP contribution in [0, 0.1) is 11.3 Å². The zero-order valence-electron chi connectivity index (χ0n) is 14.4. The normalized spacial score (nSPS) is 19.4. The van der Waals surface area contributed by atoms with Gasteiger partial charge in [0, 0.05) is 23.4 Å². The first-order valence-electron chi connectivity index (χ1n) is 8.49. The van der Waals surface area contributed by atoms with Gasteiger partial charge in [-0.1, -0.05) is 34.8 Å². The first-order valence-corrected chi connectivity index (χ1v) is 9.62. The Labute approximate surface area is 175 Å². The van der Waals surface area contributed by atoms with Crippen LogP contribution >= 0.6 is 34.8 Å². The van der Waals surface area contributed by atoms with Gasteiger partial charge >= 0.3 is 0 Å². The molecule has 2 aliphatic rings. The van der Waals surface area contributed by atoms with E-state index in [0.29, 0.717) is 62.7 Å². The van der Waals surface area contributed by atoms with Crippen LogP contribution < -0.4 is 5.73 Å². The van der Waals surface area contributed by atoms with Crippen molar-refractivity contribution >= 4 is 40.6 Å². The summed E-state index contributed by atoms with van der Waals surface area (Å²) in [7, 11) is 0. The Morgan fingerprint density at radius 1 is 1.14 bits per heavy atom. The highest BCUT2D eigenvalue weighted by Crippen LogP contribution is 2.45. The number of nitriles is 1. The van der Waals surface area contributed by atoms with Gasteiger partial charge in [0.1, 0.15) is 28.9 Å². The van der Waals surface area contributed by atoms with Gasteiger partial charge in [0.15, 0.2) is 5.78 Å². The van der Waals surface area contributed by atoms with Gasteiger partial charge in [-0.05, 0) is 30.7 Å². The van der Waals surface area contributed by atoms with Crippen LogP contribution in [0.5, 0.6) is 0 Å². The number of hydrogen-bond donors (Lipinski definition) is 1. The van der Waals surface area contributed by atoms with Gasteiger partial charge in [-0.2, -0.15) is 5.26 Å². The number of ketones is 1. The lowest BCUT2D eigenvalue weighted by molar-refractivity contribution is -0.116. The summed E-state index contributed by atoms with van der Waals surface area (Å²) in [6, 6.07) is 8.54. The lowest BCUT2D eigenvalue weighted by atomic mass is 9.80. The fraction of sp³-hybridized carbons (Fsp3) is 0.200. The second-order valence-corrected chi connectivity index (χ2v) is 7.74. The zero-order valence-corrected chi connectivity index (χ0v) is 16.7. The van der Waals surface area contributed by atoms with Crippen LogP contribution in [0.15, 0.2) is 51.5 Å². The van der Waals surface area contributed by atoms with Crippen molar-refractivity contribution in [2.45, 2.75) is 25.2 Å². The molecular formula is C20H13Cl3N2O3. The van der Waals surface area contributed by atoms with Gasteiger partial charge in [-0.25, -0.2) is 0 Å². The van der Waals surface area contributed by atoms with Crippen molar-refractivity contribution in [3.05, 3.63) is 67.9 Å². The summed E-state index contributed by atoms with van der Waals surface area (Å²) < 4.78 is 11.5. The highest BCUT2D eigenvalue weighted by atomic mass is 35.5. The molecule has 0 saturated heterocycles. The molecule has 0 spiro atoms. The van der Waals surface area contributed by atoms with Crippen LogP contribution in [-0.4, -0.2) is 5.78 Å². The molecular weight excluding hydrogens is 423 g/mol. The van der Waals surface area contributed by atoms with Crippen LogP contribution in [0.4, 0.5) is 0 Å². The van der Waals surface area contributed by atoms with Crippen molar-refractivity contribution in [1.29, 1.82) is 5.26 Å². The number of carbonyl (C=O) groups excluding carboxylic acids is 1. The molecule has 1 aliphatic heterocycles. The summed E-state index contributed by atoms with van der Waals surface area (Å²) in [4.78, 5) is 12.6. The lowest BCUT2D eigenvalue weighted by Gasteiger charge is -2.29. The van der Waals surface area contributed by atoms with Crippen molar-refractivity contribution in [3.8, 4) is 17.4 Å². The van der Waals surface area contributed by atoms with Crippen LogP contribution in [0.3, 0.4) is 0 Å². The molecule has 1 aromatic carbocycles. The number of carbonyl (C=O) groups is 1. The van der Waals surface area contributed by atoms with Gasteiger partial charge in [-0.15, -0.1) is 0 Å². The summed E-state index contributed by atoms with van der Waals surface area (Å²) in [6.07, 6.45) is 1.65. The molecule has 2 N–H and O–H groups in total. The predicted molar refractivity (Wildman–Crippen MR) is 106 cm³/mol. The van der Waals surface area contributed by atoms with Crippen LogP contribution in [0.2, 0.25) is 15.1 Å². The van der Waals surface area contributed by atoms with Gasteiger partial charge in [0.05, 0.1) is 21.5 Å². The summed E-state index contributed by atoms with van der Waals surface area (Å²) >= 11 is 18.5. The number of halogens is 3. The number of rotatable bonds is 2. The molecule has 1 aliphatic carbocycles. The third kappa shape index (κ3) is 3.08. The predicted octanol–water partition coefficient (Wildman–Crippen LogP) is 5.72. The molecule has 142 valence electrons. The average Bonchev–Trinajstić information content (AvgIpc) is 3.09. The maximum absolute atomic E-state index is 12.6. The number of ether oxygens (including phenoxy) is 1. The van der Waals surface area contributed by atoms with Crippen molar-refractivity contribution in [1.82, 2.24) is 0 Å². The minimum Gasteiger partial charge on any atom is -0.460 e. The monoisotopic (exact) mass is 434 g/mol. The van der Waals surface area contributed by atoms with E-state index in [1.807, 2.05) is 6.07 Å². The van der Waals surface area contributed by atoms with Gasteiger partial charge in [0.25, 0.3) is 0 Å². The third-order valence-electron chi connectivity index (χ3n) is 4.77. The summed E-state index contributed by atoms with van der Waals surface area (Å²) in [5.41, 5.74) is 6.99. The summed E-state index contributed by atoms with van der Waals surface area (Å²) in [5, 5.41) is 10.7. The number of Topliss-reactive ketones (excluding diaryl/α,β-unsaturated/α-hetero) is 1. The Morgan fingerprint density at radius 3 is 2.54 bits per heavy atom. The highest BCUT2D eigenvalue weighted by Gasteiger charge is 2.39. The second-order valence-electron chi connectivity index (χ2n) is 6.48. The minimum absolute atomic E-state index is 0.0125. The molecule has 1 atom stereocenters. The first kappa shape index (κ1) is 18.9. The third-order valence-corrected chi connectivity index (χ3v) is 5.58. The van der Waals surface area contributed by atoms with Crippen molar-refractivity contribution in [2.75, 3.05) is 0 Å². The standard InChI is InChI=1S/C20H13Cl3N2O3/c21-9-6-11(22)18(12(23)7-9)16-5-4-15(27-16)17-10(8-24)20(25)28-14-3-1-2-13(26)19(14)17/h4-7,17H,1-3,25H2/t17-/m1/s1. The van der Waals surface area contributed by atoms with Crippen LogP contribution in [-0.2, 0) is 9.53 Å². The molecule has 0 bridgehead atoms. The molecule has 0 unspecified atom stereocenters. The Morgan fingerprint density at radius 2 is 1.86 bits per heavy atom. The molecule has 4 rings (SSSR count). The average molecular weight is 436 g/mol. The molecule has 2 aromatic rings. The van der Waals surface area contributed by atoms with Crippen LogP contribution in [0.25, 0.3) is 11.3 Å². The molecule has 1 aromatic heterocycles. The van der Waals surface area contributed by atoms with E-state index >= 15 is 0 Å². The fourth-order valence-electron chi connectivity index (χ4n) is 3.56. The minimum atomic E-state index is -0.722. The number of benzene rings is 1. The van der Waals surface area contributed by atoms with E-state index in [-0.39, 0.29) is 17.2 Å². The molecule has 8 heteroatoms. The number of furan rings is 1. The Balaban J connectivity index is 1.85. The first-order chi connectivity index (χ1) is 13.4. The maximum atomic E-state index is 12.6. The molecule has 2 heterocycles. The fourth-order valence-corrected chi connectivity index (χ4v) is 4.56. The van der Waals surface area contributed by atoms with E-state index in [2.05, 4.69) is 0 Å². The lowest BCUT2D eigenvalue weighted by Crippen LogP contribution is -2.27. The van der Waals surface area contributed by atoms with Crippen molar-refractivity contribution < 1.29 is 13.9 Å².